The molecule has 1 aliphatic rings. The summed E-state index contributed by atoms with van der Waals surface area (Å²) in [6.07, 6.45) is 1.66. The highest BCUT2D eigenvalue weighted by Gasteiger charge is 2.26. The molecule has 4 rings (SSSR count). The van der Waals surface area contributed by atoms with Gasteiger partial charge < -0.3 is 0 Å². The maximum Gasteiger partial charge on any atom is 0.344 e. The van der Waals surface area contributed by atoms with E-state index >= 15 is 0 Å². The zero-order valence-electron chi connectivity index (χ0n) is 12.2. The highest BCUT2D eigenvalue weighted by molar-refractivity contribution is 6.13. The van der Waals surface area contributed by atoms with Gasteiger partial charge in [-0.05, 0) is 27.6 Å². The lowest BCUT2D eigenvalue weighted by Crippen LogP contribution is -2.24. The van der Waals surface area contributed by atoms with Crippen molar-refractivity contribution < 1.29 is 9.59 Å². The Labute approximate surface area is 132 Å². The summed E-state index contributed by atoms with van der Waals surface area (Å²) in [6.45, 7) is -0.0436. The van der Waals surface area contributed by atoms with Gasteiger partial charge in [0.05, 0.1) is 6.21 Å². The minimum Gasteiger partial charge on any atom is -0.275 e. The van der Waals surface area contributed by atoms with Crippen molar-refractivity contribution in [2.24, 2.45) is 5.10 Å². The molecule has 1 N–H and O–H groups in total. The second kappa shape index (κ2) is 5.21. The number of hydrogen-bond donors (Lipinski definition) is 1. The molecular weight excluding hydrogens is 290 g/mol. The van der Waals surface area contributed by atoms with Crippen LogP contribution in [0.15, 0.2) is 59.7 Å². The monoisotopic (exact) mass is 303 g/mol. The van der Waals surface area contributed by atoms with Gasteiger partial charge in [-0.25, -0.2) is 9.80 Å². The van der Waals surface area contributed by atoms with Gasteiger partial charge in [-0.3, -0.25) is 10.1 Å². The van der Waals surface area contributed by atoms with Crippen LogP contribution in [0.2, 0.25) is 0 Å². The fourth-order valence-corrected chi connectivity index (χ4v) is 2.84. The number of rotatable bonds is 2. The molecule has 0 aliphatic carbocycles. The molecule has 0 bridgehead atoms. The quantitative estimate of drug-likeness (QED) is 0.449. The Morgan fingerprint density at radius 2 is 1.57 bits per heavy atom. The number of imide groups is 1. The average Bonchev–Trinajstić information content (AvgIpc) is 2.89. The number of hydrazone groups is 1. The lowest BCUT2D eigenvalue weighted by molar-refractivity contribution is -0.118. The summed E-state index contributed by atoms with van der Waals surface area (Å²) in [7, 11) is 0. The molecule has 112 valence electrons. The molecule has 0 unspecified atom stereocenters. The van der Waals surface area contributed by atoms with Crippen LogP contribution in [0.3, 0.4) is 0 Å². The molecule has 1 aliphatic heterocycles. The molecular formula is C18H13N3O2. The lowest BCUT2D eigenvalue weighted by Gasteiger charge is -2.09. The van der Waals surface area contributed by atoms with Crippen molar-refractivity contribution in [2.75, 3.05) is 6.54 Å². The summed E-state index contributed by atoms with van der Waals surface area (Å²) in [5, 5.41) is 11.9. The summed E-state index contributed by atoms with van der Waals surface area (Å²) in [5.74, 6) is -0.338. The molecule has 3 amide bonds. The first kappa shape index (κ1) is 13.5. The van der Waals surface area contributed by atoms with E-state index < -0.39 is 6.03 Å². The van der Waals surface area contributed by atoms with Gasteiger partial charge in [-0.15, -0.1) is 0 Å². The minimum atomic E-state index is -0.490. The zero-order valence-corrected chi connectivity index (χ0v) is 12.2. The third-order valence-corrected chi connectivity index (χ3v) is 3.91. The number of carbonyl (C=O) groups is 2. The molecule has 3 aromatic carbocycles. The summed E-state index contributed by atoms with van der Waals surface area (Å²) in [6, 6.07) is 17.7. The minimum absolute atomic E-state index is 0.0436. The van der Waals surface area contributed by atoms with Gasteiger partial charge in [-0.2, -0.15) is 5.10 Å². The molecule has 3 aromatic rings. The Kier molecular flexibility index (Phi) is 3.05. The van der Waals surface area contributed by atoms with Crippen LogP contribution >= 0.6 is 0 Å². The summed E-state index contributed by atoms with van der Waals surface area (Å²) >= 11 is 0. The van der Waals surface area contributed by atoms with Gasteiger partial charge in [0.25, 0.3) is 0 Å². The third-order valence-electron chi connectivity index (χ3n) is 3.91. The molecule has 1 heterocycles. The fraction of sp³-hybridized carbons (Fsp3) is 0.0556. The second-order valence-corrected chi connectivity index (χ2v) is 5.39. The summed E-state index contributed by atoms with van der Waals surface area (Å²) in [4.78, 5) is 22.9. The van der Waals surface area contributed by atoms with E-state index in [-0.39, 0.29) is 12.5 Å². The van der Waals surface area contributed by atoms with Crippen LogP contribution in [0.25, 0.3) is 21.5 Å². The van der Waals surface area contributed by atoms with Crippen LogP contribution in [0, 0.1) is 0 Å². The van der Waals surface area contributed by atoms with Crippen molar-refractivity contribution >= 4 is 39.7 Å². The number of amides is 3. The van der Waals surface area contributed by atoms with E-state index in [1.165, 1.54) is 0 Å². The van der Waals surface area contributed by atoms with E-state index in [9.17, 15) is 9.59 Å². The number of carbonyl (C=O) groups excluding carboxylic acids is 2. The fourth-order valence-electron chi connectivity index (χ4n) is 2.84. The Hall–Kier alpha value is -3.21. The Morgan fingerprint density at radius 3 is 2.13 bits per heavy atom. The van der Waals surface area contributed by atoms with Gasteiger partial charge in [0.15, 0.2) is 0 Å². The first-order chi connectivity index (χ1) is 11.2. The van der Waals surface area contributed by atoms with Crippen LogP contribution in [0.1, 0.15) is 5.56 Å². The summed E-state index contributed by atoms with van der Waals surface area (Å²) in [5.41, 5.74) is 0.936. The Bertz CT molecular complexity index is 924. The van der Waals surface area contributed by atoms with Gasteiger partial charge in [-0.1, -0.05) is 48.5 Å². The Morgan fingerprint density at radius 1 is 0.957 bits per heavy atom. The maximum atomic E-state index is 11.6. The first-order valence-electron chi connectivity index (χ1n) is 7.28. The standard InChI is InChI=1S/C18H13N3O2/c22-17-11-21(18(23)20-17)19-10-16-14-7-3-1-5-12(14)9-13-6-2-4-8-15(13)16/h1-10H,11H2,(H,20,22,23)/b19-10+. The van der Waals surface area contributed by atoms with Crippen LogP contribution in [0.4, 0.5) is 4.79 Å². The average molecular weight is 303 g/mol. The topological polar surface area (TPSA) is 61.8 Å². The third kappa shape index (κ3) is 2.32. The molecule has 0 atom stereocenters. The number of nitrogens with zero attached hydrogens (tertiary/aromatic N) is 2. The molecule has 0 saturated carbocycles. The van der Waals surface area contributed by atoms with Crippen LogP contribution in [-0.4, -0.2) is 29.7 Å². The van der Waals surface area contributed by atoms with Crippen molar-refractivity contribution in [1.82, 2.24) is 10.3 Å². The molecule has 5 heteroatoms. The van der Waals surface area contributed by atoms with Gasteiger partial charge in [0.2, 0.25) is 5.91 Å². The van der Waals surface area contributed by atoms with Crippen LogP contribution < -0.4 is 5.32 Å². The van der Waals surface area contributed by atoms with Crippen molar-refractivity contribution in [3.8, 4) is 0 Å². The van der Waals surface area contributed by atoms with E-state index in [1.54, 1.807) is 6.21 Å². The molecule has 0 spiro atoms. The summed E-state index contributed by atoms with van der Waals surface area (Å²) < 4.78 is 0. The van der Waals surface area contributed by atoms with E-state index in [0.717, 1.165) is 32.1 Å². The highest BCUT2D eigenvalue weighted by Crippen LogP contribution is 2.27. The Balaban J connectivity index is 1.89. The zero-order chi connectivity index (χ0) is 15.8. The van der Waals surface area contributed by atoms with Crippen molar-refractivity contribution in [3.63, 3.8) is 0 Å². The molecule has 5 nitrogen and oxygen atoms in total. The number of nitrogens with one attached hydrogen (secondary N) is 1. The van der Waals surface area contributed by atoms with Gasteiger partial charge in [0.1, 0.15) is 6.54 Å². The smallest absolute Gasteiger partial charge is 0.275 e. The number of urea groups is 1. The molecule has 0 radical (unpaired) electrons. The largest absolute Gasteiger partial charge is 0.344 e. The first-order valence-corrected chi connectivity index (χ1v) is 7.28. The molecule has 0 aromatic heterocycles. The number of hydrogen-bond acceptors (Lipinski definition) is 3. The van der Waals surface area contributed by atoms with E-state index in [4.69, 9.17) is 0 Å². The highest BCUT2D eigenvalue weighted by atomic mass is 16.2. The predicted molar refractivity (Wildman–Crippen MR) is 89.3 cm³/mol. The van der Waals surface area contributed by atoms with E-state index in [2.05, 4.69) is 16.5 Å². The van der Waals surface area contributed by atoms with E-state index in [1.807, 2.05) is 48.5 Å². The van der Waals surface area contributed by atoms with Gasteiger partial charge in [0, 0.05) is 5.56 Å². The number of benzene rings is 3. The number of fused-ring (bicyclic) bond motifs is 2. The SMILES string of the molecule is O=C1CN(/N=C/c2c3ccccc3cc3ccccc23)C(=O)N1. The van der Waals surface area contributed by atoms with Crippen molar-refractivity contribution in [1.29, 1.82) is 0 Å². The molecule has 1 saturated heterocycles. The van der Waals surface area contributed by atoms with Crippen molar-refractivity contribution in [3.05, 3.63) is 60.2 Å². The van der Waals surface area contributed by atoms with Gasteiger partial charge >= 0.3 is 6.03 Å². The van der Waals surface area contributed by atoms with Crippen LogP contribution in [-0.2, 0) is 4.79 Å². The second-order valence-electron chi connectivity index (χ2n) is 5.39. The lowest BCUT2D eigenvalue weighted by atomic mass is 9.97. The maximum absolute atomic E-state index is 11.6. The van der Waals surface area contributed by atoms with E-state index in [0.29, 0.717) is 0 Å². The van der Waals surface area contributed by atoms with Crippen LogP contribution in [0.5, 0.6) is 0 Å². The molecule has 1 fully saturated rings. The normalized spacial score (nSPS) is 15.0. The molecule has 23 heavy (non-hydrogen) atoms. The van der Waals surface area contributed by atoms with Crippen molar-refractivity contribution in [2.45, 2.75) is 0 Å². The predicted octanol–water partition coefficient (Wildman–Crippen LogP) is 2.88.